The number of pyridine rings is 1. The number of aromatic nitrogens is 1. The second-order valence-corrected chi connectivity index (χ2v) is 5.93. The molecule has 0 aliphatic heterocycles. The summed E-state index contributed by atoms with van der Waals surface area (Å²) >= 11 is 5.67. The van der Waals surface area contributed by atoms with Crippen LogP contribution >= 0.6 is 11.6 Å². The summed E-state index contributed by atoms with van der Waals surface area (Å²) in [5.74, 6) is 0. The zero-order chi connectivity index (χ0) is 12.2. The smallest absolute Gasteiger partial charge is 0.242 e. The fraction of sp³-hybridized carbons (Fsp3) is 0.500. The number of hydrogen-bond acceptors (Lipinski definition) is 3. The van der Waals surface area contributed by atoms with Crippen LogP contribution in [-0.4, -0.2) is 31.3 Å². The molecule has 0 saturated heterocycles. The average Bonchev–Trinajstić information content (AvgIpc) is 2.25. The minimum Gasteiger partial charge on any atom is -0.244 e. The number of sulfonamides is 1. The SMILES string of the molecule is CCCCN(C)S(=O)(=O)c1ccnc(Cl)c1. The Hall–Kier alpha value is -0.650. The molecular formula is C10H15ClN2O2S. The number of halogens is 1. The van der Waals surface area contributed by atoms with Crippen LogP contribution in [0.15, 0.2) is 23.2 Å². The van der Waals surface area contributed by atoms with E-state index in [0.717, 1.165) is 12.8 Å². The van der Waals surface area contributed by atoms with Crippen molar-refractivity contribution in [3.63, 3.8) is 0 Å². The van der Waals surface area contributed by atoms with E-state index in [1.54, 1.807) is 7.05 Å². The van der Waals surface area contributed by atoms with Gasteiger partial charge in [0.1, 0.15) is 5.15 Å². The van der Waals surface area contributed by atoms with Gasteiger partial charge >= 0.3 is 0 Å². The van der Waals surface area contributed by atoms with E-state index in [-0.39, 0.29) is 10.0 Å². The third kappa shape index (κ3) is 3.17. The molecule has 0 unspecified atom stereocenters. The second kappa shape index (κ2) is 5.61. The lowest BCUT2D eigenvalue weighted by Crippen LogP contribution is -2.27. The average molecular weight is 263 g/mol. The Morgan fingerprint density at radius 2 is 2.19 bits per heavy atom. The maximum absolute atomic E-state index is 12.0. The van der Waals surface area contributed by atoms with Crippen molar-refractivity contribution in [2.75, 3.05) is 13.6 Å². The molecule has 0 aliphatic carbocycles. The van der Waals surface area contributed by atoms with Gasteiger partial charge in [-0.1, -0.05) is 24.9 Å². The van der Waals surface area contributed by atoms with Crippen LogP contribution in [-0.2, 0) is 10.0 Å². The molecule has 0 radical (unpaired) electrons. The Morgan fingerprint density at radius 1 is 1.50 bits per heavy atom. The molecule has 0 saturated carbocycles. The normalized spacial score (nSPS) is 12.0. The van der Waals surface area contributed by atoms with Gasteiger partial charge in [-0.05, 0) is 18.6 Å². The van der Waals surface area contributed by atoms with Gasteiger partial charge in [-0.25, -0.2) is 17.7 Å². The summed E-state index contributed by atoms with van der Waals surface area (Å²) in [6.07, 6.45) is 3.19. The van der Waals surface area contributed by atoms with Gasteiger partial charge in [-0.2, -0.15) is 0 Å². The molecule has 0 bridgehead atoms. The van der Waals surface area contributed by atoms with Crippen molar-refractivity contribution in [2.45, 2.75) is 24.7 Å². The molecule has 0 aliphatic rings. The first-order chi connectivity index (χ1) is 7.48. The lowest BCUT2D eigenvalue weighted by Gasteiger charge is -2.16. The fourth-order valence-corrected chi connectivity index (χ4v) is 2.69. The zero-order valence-electron chi connectivity index (χ0n) is 9.35. The van der Waals surface area contributed by atoms with Crippen LogP contribution in [0.3, 0.4) is 0 Å². The molecule has 0 spiro atoms. The summed E-state index contributed by atoms with van der Waals surface area (Å²) in [4.78, 5) is 3.94. The third-order valence-corrected chi connectivity index (χ3v) is 4.29. The van der Waals surface area contributed by atoms with E-state index < -0.39 is 10.0 Å². The maximum Gasteiger partial charge on any atom is 0.242 e. The van der Waals surface area contributed by atoms with Crippen molar-refractivity contribution in [3.8, 4) is 0 Å². The number of rotatable bonds is 5. The molecule has 0 atom stereocenters. The highest BCUT2D eigenvalue weighted by Gasteiger charge is 2.20. The van der Waals surface area contributed by atoms with Crippen molar-refractivity contribution in [1.29, 1.82) is 0 Å². The van der Waals surface area contributed by atoms with E-state index in [0.29, 0.717) is 6.54 Å². The molecule has 1 aromatic heterocycles. The van der Waals surface area contributed by atoms with Crippen LogP contribution in [0.25, 0.3) is 0 Å². The molecule has 6 heteroatoms. The van der Waals surface area contributed by atoms with E-state index in [1.807, 2.05) is 6.92 Å². The largest absolute Gasteiger partial charge is 0.244 e. The molecule has 1 rings (SSSR count). The Labute approximate surface area is 101 Å². The third-order valence-electron chi connectivity index (χ3n) is 2.23. The highest BCUT2D eigenvalue weighted by Crippen LogP contribution is 2.17. The summed E-state index contributed by atoms with van der Waals surface area (Å²) in [7, 11) is -1.86. The summed E-state index contributed by atoms with van der Waals surface area (Å²) in [6, 6.07) is 2.81. The summed E-state index contributed by atoms with van der Waals surface area (Å²) in [6.45, 7) is 2.53. The van der Waals surface area contributed by atoms with Gasteiger partial charge in [0.25, 0.3) is 0 Å². The van der Waals surface area contributed by atoms with Crippen molar-refractivity contribution < 1.29 is 8.42 Å². The minimum absolute atomic E-state index is 0.185. The Balaban J connectivity index is 2.93. The van der Waals surface area contributed by atoms with E-state index >= 15 is 0 Å². The number of nitrogens with zero attached hydrogens (tertiary/aromatic N) is 2. The maximum atomic E-state index is 12.0. The van der Waals surface area contributed by atoms with Crippen molar-refractivity contribution in [1.82, 2.24) is 9.29 Å². The first-order valence-corrected chi connectivity index (χ1v) is 6.88. The van der Waals surface area contributed by atoms with Crippen LogP contribution in [0.1, 0.15) is 19.8 Å². The molecule has 0 fully saturated rings. The molecule has 90 valence electrons. The Kier molecular flexibility index (Phi) is 4.70. The molecular weight excluding hydrogens is 248 g/mol. The lowest BCUT2D eigenvalue weighted by molar-refractivity contribution is 0.459. The van der Waals surface area contributed by atoms with Crippen LogP contribution in [0, 0.1) is 0 Å². The minimum atomic E-state index is -3.42. The van der Waals surface area contributed by atoms with Crippen LogP contribution in [0.2, 0.25) is 5.15 Å². The molecule has 1 heterocycles. The van der Waals surface area contributed by atoms with Crippen molar-refractivity contribution in [3.05, 3.63) is 23.5 Å². The number of unbranched alkanes of at least 4 members (excludes halogenated alkanes) is 1. The van der Waals surface area contributed by atoms with Gasteiger partial charge in [-0.15, -0.1) is 0 Å². The van der Waals surface area contributed by atoms with Gasteiger partial charge < -0.3 is 0 Å². The Bertz CT molecular complexity index is 448. The lowest BCUT2D eigenvalue weighted by atomic mass is 10.3. The summed E-state index contributed by atoms with van der Waals surface area (Å²) < 4.78 is 25.4. The second-order valence-electron chi connectivity index (χ2n) is 3.49. The standard InChI is InChI=1S/C10H15ClN2O2S/c1-3-4-7-13(2)16(14,15)9-5-6-12-10(11)8-9/h5-6,8H,3-4,7H2,1-2H3. The van der Waals surface area contributed by atoms with Crippen LogP contribution < -0.4 is 0 Å². The topological polar surface area (TPSA) is 50.3 Å². The predicted octanol–water partition coefficient (Wildman–Crippen LogP) is 2.16. The summed E-state index contributed by atoms with van der Waals surface area (Å²) in [5.41, 5.74) is 0. The summed E-state index contributed by atoms with van der Waals surface area (Å²) in [5, 5.41) is 0.185. The van der Waals surface area contributed by atoms with Crippen molar-refractivity contribution in [2.24, 2.45) is 0 Å². The predicted molar refractivity (Wildman–Crippen MR) is 64.0 cm³/mol. The van der Waals surface area contributed by atoms with Gasteiger partial charge in [0.15, 0.2) is 0 Å². The molecule has 4 nitrogen and oxygen atoms in total. The number of hydrogen-bond donors (Lipinski definition) is 0. The quantitative estimate of drug-likeness (QED) is 0.764. The highest BCUT2D eigenvalue weighted by molar-refractivity contribution is 7.89. The van der Waals surface area contributed by atoms with E-state index in [9.17, 15) is 8.42 Å². The first kappa shape index (κ1) is 13.4. The van der Waals surface area contributed by atoms with Crippen LogP contribution in [0.4, 0.5) is 0 Å². The fourth-order valence-electron chi connectivity index (χ4n) is 1.23. The zero-order valence-corrected chi connectivity index (χ0v) is 10.9. The first-order valence-electron chi connectivity index (χ1n) is 5.06. The highest BCUT2D eigenvalue weighted by atomic mass is 35.5. The molecule has 0 amide bonds. The van der Waals surface area contributed by atoms with Crippen molar-refractivity contribution >= 4 is 21.6 Å². The van der Waals surface area contributed by atoms with E-state index in [1.165, 1.54) is 22.6 Å². The molecule has 0 N–H and O–H groups in total. The Morgan fingerprint density at radius 3 is 2.75 bits per heavy atom. The van der Waals surface area contributed by atoms with Gasteiger partial charge in [-0.3, -0.25) is 0 Å². The van der Waals surface area contributed by atoms with Gasteiger partial charge in [0, 0.05) is 19.8 Å². The van der Waals surface area contributed by atoms with Gasteiger partial charge in [0.2, 0.25) is 10.0 Å². The van der Waals surface area contributed by atoms with E-state index in [4.69, 9.17) is 11.6 Å². The van der Waals surface area contributed by atoms with Crippen LogP contribution in [0.5, 0.6) is 0 Å². The molecule has 1 aromatic rings. The monoisotopic (exact) mass is 262 g/mol. The van der Waals surface area contributed by atoms with Gasteiger partial charge in [0.05, 0.1) is 4.90 Å². The molecule has 0 aromatic carbocycles. The van der Waals surface area contributed by atoms with E-state index in [2.05, 4.69) is 4.98 Å². The molecule has 16 heavy (non-hydrogen) atoms.